The van der Waals surface area contributed by atoms with Crippen molar-refractivity contribution >= 4 is 46.6 Å². The number of anilines is 1. The van der Waals surface area contributed by atoms with Gasteiger partial charge in [0.15, 0.2) is 5.65 Å². The summed E-state index contributed by atoms with van der Waals surface area (Å²) in [5, 5.41) is 1.09. The second kappa shape index (κ2) is 8.20. The number of imidazole rings is 1. The van der Waals surface area contributed by atoms with E-state index in [0.717, 1.165) is 53.7 Å². The fourth-order valence-electron chi connectivity index (χ4n) is 5.33. The summed E-state index contributed by atoms with van der Waals surface area (Å²) in [5.74, 6) is 0.919. The molecule has 1 unspecified atom stereocenters. The molecule has 0 amide bonds. The summed E-state index contributed by atoms with van der Waals surface area (Å²) in [6, 6.07) is 14.4. The number of piperidine rings is 1. The lowest BCUT2D eigenvalue weighted by Gasteiger charge is -2.42. The molecule has 2 N–H and O–H groups in total. The molecule has 168 valence electrons. The number of nitrogens with two attached hydrogens (primary N) is 1. The van der Waals surface area contributed by atoms with E-state index < -0.39 is 0 Å². The number of rotatable bonds is 3. The fraction of sp³-hybridized carbons (Fsp3) is 0.280. The second-order valence-electron chi connectivity index (χ2n) is 8.90. The van der Waals surface area contributed by atoms with Crippen LogP contribution in [0.15, 0.2) is 70.8 Å². The molecule has 0 bridgehead atoms. The van der Waals surface area contributed by atoms with E-state index in [1.807, 2.05) is 30.7 Å². The molecule has 1 fully saturated rings. The van der Waals surface area contributed by atoms with Crippen LogP contribution in [0.3, 0.4) is 0 Å². The zero-order valence-corrected chi connectivity index (χ0v) is 20.2. The van der Waals surface area contributed by atoms with Gasteiger partial charge in [0.2, 0.25) is 5.95 Å². The predicted octanol–water partition coefficient (Wildman–Crippen LogP) is 6.03. The van der Waals surface area contributed by atoms with Crippen LogP contribution in [0.4, 0.5) is 5.95 Å². The van der Waals surface area contributed by atoms with Crippen molar-refractivity contribution in [3.8, 4) is 0 Å². The van der Waals surface area contributed by atoms with Gasteiger partial charge >= 0.3 is 0 Å². The molecule has 5 nitrogen and oxygen atoms in total. The molecule has 1 aliphatic heterocycles. The molecule has 1 saturated heterocycles. The Kier molecular flexibility index (Phi) is 5.29. The minimum atomic E-state index is 0.110. The topological polar surface area (TPSA) is 59.5 Å². The summed E-state index contributed by atoms with van der Waals surface area (Å²) in [4.78, 5) is 13.6. The van der Waals surface area contributed by atoms with Crippen molar-refractivity contribution in [1.29, 1.82) is 0 Å². The maximum atomic E-state index is 6.76. The Morgan fingerprint density at radius 3 is 2.64 bits per heavy atom. The predicted molar refractivity (Wildman–Crippen MR) is 135 cm³/mol. The highest BCUT2D eigenvalue weighted by molar-refractivity contribution is 7.99. The number of fused-ring (bicyclic) bond motifs is 2. The molecule has 1 spiro atoms. The maximum Gasteiger partial charge on any atom is 0.211 e. The smallest absolute Gasteiger partial charge is 0.211 e. The number of nitrogens with zero attached hydrogens (tertiary/aromatic N) is 4. The minimum absolute atomic E-state index is 0.110. The third-order valence-corrected chi connectivity index (χ3v) is 9.14. The number of hydrogen-bond acceptors (Lipinski definition) is 5. The van der Waals surface area contributed by atoms with E-state index in [4.69, 9.17) is 33.9 Å². The molecular weight excluding hydrogens is 473 g/mol. The third-order valence-electron chi connectivity index (χ3n) is 7.14. The van der Waals surface area contributed by atoms with E-state index in [0.29, 0.717) is 10.0 Å². The van der Waals surface area contributed by atoms with Gasteiger partial charge in [0.1, 0.15) is 0 Å². The van der Waals surface area contributed by atoms with Gasteiger partial charge in [-0.05, 0) is 47.9 Å². The summed E-state index contributed by atoms with van der Waals surface area (Å²) >= 11 is 14.1. The molecule has 33 heavy (non-hydrogen) atoms. The molecular formula is C25H23Cl2N5S. The second-order valence-corrected chi connectivity index (χ2v) is 10.8. The molecule has 2 aromatic carbocycles. The summed E-state index contributed by atoms with van der Waals surface area (Å²) < 4.78 is 2.07. The van der Waals surface area contributed by atoms with Crippen LogP contribution in [-0.4, -0.2) is 27.5 Å². The highest BCUT2D eigenvalue weighted by Gasteiger charge is 2.46. The zero-order valence-electron chi connectivity index (χ0n) is 17.9. The normalized spacial score (nSPS) is 19.4. The van der Waals surface area contributed by atoms with Gasteiger partial charge in [-0.1, -0.05) is 65.3 Å². The highest BCUT2D eigenvalue weighted by atomic mass is 35.5. The van der Waals surface area contributed by atoms with Crippen molar-refractivity contribution in [2.45, 2.75) is 35.1 Å². The van der Waals surface area contributed by atoms with E-state index in [2.05, 4.69) is 38.6 Å². The molecule has 0 radical (unpaired) electrons. The van der Waals surface area contributed by atoms with Gasteiger partial charge in [0, 0.05) is 42.6 Å². The first-order chi connectivity index (χ1) is 16.1. The molecule has 0 saturated carbocycles. The average Bonchev–Trinajstić information content (AvgIpc) is 3.42. The van der Waals surface area contributed by atoms with Crippen molar-refractivity contribution < 1.29 is 0 Å². The van der Waals surface area contributed by atoms with Gasteiger partial charge in [0.25, 0.3) is 0 Å². The molecule has 2 aliphatic rings. The summed E-state index contributed by atoms with van der Waals surface area (Å²) in [7, 11) is 0. The van der Waals surface area contributed by atoms with Crippen molar-refractivity contribution in [3.63, 3.8) is 0 Å². The van der Waals surface area contributed by atoms with Crippen LogP contribution in [-0.2, 0) is 6.42 Å². The third kappa shape index (κ3) is 3.51. The van der Waals surface area contributed by atoms with Crippen molar-refractivity contribution in [2.24, 2.45) is 11.1 Å². The molecule has 8 heteroatoms. The first kappa shape index (κ1) is 21.3. The standard InChI is InChI=1S/C25H23Cl2N5S/c26-18-6-3-7-19(21(18)27)33-20-15-30-24(32-13-10-29-23(20)32)31-11-8-25(9-12-31)14-16-4-1-2-5-17(16)22(25)28/h1-7,10,13,15,22H,8-9,11-12,14,28H2. The SMILES string of the molecule is NC1c2ccccc2CC12CCN(c1ncc(Sc3cccc(Cl)c3Cl)c3nccn13)CC2. The van der Waals surface area contributed by atoms with Crippen molar-refractivity contribution in [2.75, 3.05) is 18.0 Å². The number of hydrogen-bond donors (Lipinski definition) is 1. The van der Waals surface area contributed by atoms with Crippen molar-refractivity contribution in [1.82, 2.24) is 14.4 Å². The number of halogens is 2. The first-order valence-corrected chi connectivity index (χ1v) is 12.7. The van der Waals surface area contributed by atoms with Crippen LogP contribution in [0.25, 0.3) is 5.65 Å². The van der Waals surface area contributed by atoms with Gasteiger partial charge in [0.05, 0.1) is 14.9 Å². The van der Waals surface area contributed by atoms with Gasteiger partial charge < -0.3 is 10.6 Å². The Hall–Kier alpha value is -2.25. The lowest BCUT2D eigenvalue weighted by molar-refractivity contribution is 0.186. The fourth-order valence-corrected chi connectivity index (χ4v) is 6.73. The lowest BCUT2D eigenvalue weighted by Crippen LogP contribution is -2.45. The van der Waals surface area contributed by atoms with Crippen LogP contribution in [0.1, 0.15) is 30.0 Å². The molecule has 4 aromatic rings. The highest BCUT2D eigenvalue weighted by Crippen LogP contribution is 2.51. The first-order valence-electron chi connectivity index (χ1n) is 11.1. The molecule has 1 atom stereocenters. The van der Waals surface area contributed by atoms with Gasteiger partial charge in [-0.25, -0.2) is 9.97 Å². The number of benzene rings is 2. The van der Waals surface area contributed by atoms with E-state index in [1.54, 1.807) is 6.07 Å². The Morgan fingerprint density at radius 1 is 1.00 bits per heavy atom. The van der Waals surface area contributed by atoms with Crippen LogP contribution in [0.5, 0.6) is 0 Å². The van der Waals surface area contributed by atoms with E-state index in [9.17, 15) is 0 Å². The van der Waals surface area contributed by atoms with Gasteiger partial charge in [-0.3, -0.25) is 4.40 Å². The summed E-state index contributed by atoms with van der Waals surface area (Å²) in [5.41, 5.74) is 10.5. The Balaban J connectivity index is 1.25. The van der Waals surface area contributed by atoms with Crippen LogP contribution >= 0.6 is 35.0 Å². The zero-order chi connectivity index (χ0) is 22.6. The Bertz CT molecular complexity index is 1350. The van der Waals surface area contributed by atoms with E-state index in [1.165, 1.54) is 22.9 Å². The van der Waals surface area contributed by atoms with E-state index >= 15 is 0 Å². The maximum absolute atomic E-state index is 6.76. The van der Waals surface area contributed by atoms with Crippen LogP contribution < -0.4 is 10.6 Å². The summed E-state index contributed by atoms with van der Waals surface area (Å²) in [6.45, 7) is 1.85. The largest absolute Gasteiger partial charge is 0.342 e. The Morgan fingerprint density at radius 2 is 1.82 bits per heavy atom. The lowest BCUT2D eigenvalue weighted by atomic mass is 9.73. The van der Waals surface area contributed by atoms with Gasteiger partial charge in [-0.2, -0.15) is 0 Å². The molecule has 3 heterocycles. The van der Waals surface area contributed by atoms with E-state index in [-0.39, 0.29) is 11.5 Å². The molecule has 2 aromatic heterocycles. The number of aromatic nitrogens is 3. The monoisotopic (exact) mass is 495 g/mol. The van der Waals surface area contributed by atoms with Gasteiger partial charge in [-0.15, -0.1) is 0 Å². The van der Waals surface area contributed by atoms with Crippen LogP contribution in [0.2, 0.25) is 10.0 Å². The quantitative estimate of drug-likeness (QED) is 0.375. The summed E-state index contributed by atoms with van der Waals surface area (Å²) in [6.07, 6.45) is 8.86. The Labute approximate surface area is 206 Å². The molecule has 6 rings (SSSR count). The molecule has 1 aliphatic carbocycles. The van der Waals surface area contributed by atoms with Crippen LogP contribution in [0, 0.1) is 5.41 Å². The minimum Gasteiger partial charge on any atom is -0.342 e. The van der Waals surface area contributed by atoms with Crippen molar-refractivity contribution in [3.05, 3.63) is 82.2 Å². The average molecular weight is 496 g/mol.